The third kappa shape index (κ3) is 5.69. The third-order valence-corrected chi connectivity index (χ3v) is 7.64. The van der Waals surface area contributed by atoms with Crippen molar-refractivity contribution in [2.45, 2.75) is 11.8 Å². The van der Waals surface area contributed by atoms with Gasteiger partial charge in [-0.05, 0) is 49.4 Å². The van der Waals surface area contributed by atoms with Crippen molar-refractivity contribution in [2.24, 2.45) is 0 Å². The molecule has 2 heterocycles. The molecule has 0 aliphatic carbocycles. The molecule has 1 N–H and O–H groups in total. The number of benzene rings is 2. The van der Waals surface area contributed by atoms with Crippen molar-refractivity contribution in [1.29, 1.82) is 0 Å². The van der Waals surface area contributed by atoms with Crippen LogP contribution in [0.25, 0.3) is 11.5 Å². The Morgan fingerprint density at radius 1 is 1.09 bits per heavy atom. The summed E-state index contributed by atoms with van der Waals surface area (Å²) in [6.07, 6.45) is -0.454. The summed E-state index contributed by atoms with van der Waals surface area (Å²) in [5, 5.41) is 10.3. The maximum atomic E-state index is 13.0. The van der Waals surface area contributed by atoms with E-state index in [0.717, 1.165) is 4.47 Å². The molecule has 11 nitrogen and oxygen atoms in total. The molecular formula is C22H22BrN5O6S. The second-order valence-electron chi connectivity index (χ2n) is 7.49. The summed E-state index contributed by atoms with van der Waals surface area (Å²) >= 11 is 3.37. The van der Waals surface area contributed by atoms with Crippen LogP contribution < -0.4 is 5.32 Å². The van der Waals surface area contributed by atoms with Crippen LogP contribution in [0.5, 0.6) is 0 Å². The van der Waals surface area contributed by atoms with Crippen molar-refractivity contribution in [2.75, 3.05) is 38.1 Å². The average molecular weight is 564 g/mol. The Morgan fingerprint density at radius 2 is 1.80 bits per heavy atom. The van der Waals surface area contributed by atoms with Crippen LogP contribution in [0.4, 0.5) is 10.8 Å². The van der Waals surface area contributed by atoms with Crippen LogP contribution in [0, 0.1) is 0 Å². The van der Waals surface area contributed by atoms with Crippen molar-refractivity contribution in [3.8, 4) is 11.5 Å². The van der Waals surface area contributed by atoms with Gasteiger partial charge in [0.25, 0.3) is 5.91 Å². The van der Waals surface area contributed by atoms with Crippen molar-refractivity contribution in [1.82, 2.24) is 19.4 Å². The highest BCUT2D eigenvalue weighted by molar-refractivity contribution is 9.10. The van der Waals surface area contributed by atoms with Gasteiger partial charge in [-0.25, -0.2) is 13.2 Å². The summed E-state index contributed by atoms with van der Waals surface area (Å²) in [6, 6.07) is 12.7. The number of sulfonamides is 1. The molecule has 0 radical (unpaired) electrons. The molecule has 0 saturated carbocycles. The fourth-order valence-electron chi connectivity index (χ4n) is 3.43. The van der Waals surface area contributed by atoms with Gasteiger partial charge in [0.1, 0.15) is 0 Å². The predicted octanol–water partition coefficient (Wildman–Crippen LogP) is 3.21. The van der Waals surface area contributed by atoms with Gasteiger partial charge in [0, 0.05) is 41.8 Å². The third-order valence-electron chi connectivity index (χ3n) is 5.24. The van der Waals surface area contributed by atoms with E-state index in [1.807, 2.05) is 12.1 Å². The molecule has 1 fully saturated rings. The van der Waals surface area contributed by atoms with Crippen molar-refractivity contribution >= 4 is 44.0 Å². The number of hydrogen-bond donors (Lipinski definition) is 1. The van der Waals surface area contributed by atoms with Crippen LogP contribution in [-0.2, 0) is 14.8 Å². The highest BCUT2D eigenvalue weighted by Gasteiger charge is 2.30. The van der Waals surface area contributed by atoms with E-state index in [1.54, 1.807) is 19.1 Å². The van der Waals surface area contributed by atoms with E-state index in [9.17, 15) is 18.0 Å². The molecule has 184 valence electrons. The number of carbonyl (C=O) groups is 2. The second-order valence-corrected chi connectivity index (χ2v) is 10.3. The molecule has 35 heavy (non-hydrogen) atoms. The van der Waals surface area contributed by atoms with E-state index in [1.165, 1.54) is 33.5 Å². The molecule has 1 aliphatic rings. The van der Waals surface area contributed by atoms with Crippen LogP contribution >= 0.6 is 15.9 Å². The molecule has 13 heteroatoms. The van der Waals surface area contributed by atoms with Crippen molar-refractivity contribution < 1.29 is 27.2 Å². The first-order chi connectivity index (χ1) is 16.8. The van der Waals surface area contributed by atoms with Crippen LogP contribution in [0.15, 0.2) is 62.3 Å². The number of halogens is 1. The lowest BCUT2D eigenvalue weighted by Gasteiger charge is -2.33. The number of hydrogen-bond acceptors (Lipinski definition) is 8. The summed E-state index contributed by atoms with van der Waals surface area (Å²) in [7, 11) is -3.78. The normalized spacial score (nSPS) is 14.5. The van der Waals surface area contributed by atoms with E-state index in [-0.39, 0.29) is 55.2 Å². The number of anilines is 1. The number of carbonyl (C=O) groups excluding carboxylic acids is 2. The monoisotopic (exact) mass is 563 g/mol. The number of nitrogens with zero attached hydrogens (tertiary/aromatic N) is 4. The van der Waals surface area contributed by atoms with E-state index in [0.29, 0.717) is 5.56 Å². The lowest BCUT2D eigenvalue weighted by atomic mass is 10.2. The highest BCUT2D eigenvalue weighted by Crippen LogP contribution is 2.24. The Morgan fingerprint density at radius 3 is 2.46 bits per heavy atom. The smallest absolute Gasteiger partial charge is 0.409 e. The molecule has 2 amide bonds. The zero-order valence-electron chi connectivity index (χ0n) is 18.7. The summed E-state index contributed by atoms with van der Waals surface area (Å²) in [5.74, 6) is -0.285. The van der Waals surface area contributed by atoms with Gasteiger partial charge in [-0.15, -0.1) is 5.10 Å². The zero-order chi connectivity index (χ0) is 25.0. The summed E-state index contributed by atoms with van der Waals surface area (Å²) in [6.45, 7) is 2.76. The Balaban J connectivity index is 1.39. The fraction of sp³-hybridized carbons (Fsp3) is 0.273. The minimum absolute atomic E-state index is 0.0494. The lowest BCUT2D eigenvalue weighted by Crippen LogP contribution is -2.50. The molecule has 2 aromatic carbocycles. The topological polar surface area (TPSA) is 135 Å². The predicted molar refractivity (Wildman–Crippen MR) is 129 cm³/mol. The Bertz CT molecular complexity index is 1320. The number of rotatable bonds is 6. The SMILES string of the molecule is CCOC(=O)N1CCN(S(=O)(=O)c2ccc(C(=O)Nc3nnc(-c4cccc(Br)c4)o3)cc2)CC1. The number of nitrogens with one attached hydrogen (secondary N) is 1. The first-order valence-electron chi connectivity index (χ1n) is 10.7. The Kier molecular flexibility index (Phi) is 7.48. The zero-order valence-corrected chi connectivity index (χ0v) is 21.1. The van der Waals surface area contributed by atoms with Gasteiger partial charge in [-0.1, -0.05) is 27.1 Å². The quantitative estimate of drug-likeness (QED) is 0.483. The van der Waals surface area contributed by atoms with Gasteiger partial charge in [-0.2, -0.15) is 4.31 Å². The van der Waals surface area contributed by atoms with Crippen LogP contribution in [0.2, 0.25) is 0 Å². The van der Waals surface area contributed by atoms with Gasteiger partial charge in [0.2, 0.25) is 15.9 Å². The van der Waals surface area contributed by atoms with Gasteiger partial charge >= 0.3 is 12.1 Å². The second kappa shape index (κ2) is 10.5. The molecule has 4 rings (SSSR count). The van der Waals surface area contributed by atoms with Gasteiger partial charge in [0.15, 0.2) is 0 Å². The molecule has 0 atom stereocenters. The van der Waals surface area contributed by atoms with E-state index < -0.39 is 22.0 Å². The number of amides is 2. The Hall–Kier alpha value is -3.29. The summed E-state index contributed by atoms with van der Waals surface area (Å²) in [5.41, 5.74) is 0.906. The number of piperazine rings is 1. The lowest BCUT2D eigenvalue weighted by molar-refractivity contribution is 0.0933. The van der Waals surface area contributed by atoms with E-state index >= 15 is 0 Å². The first kappa shape index (κ1) is 24.8. The standard InChI is InChI=1S/C22H22BrN5O6S/c1-2-33-22(30)27-10-12-28(13-11-27)35(31,32)18-8-6-15(7-9-18)19(29)24-21-26-25-20(34-21)16-4-3-5-17(23)14-16/h3-9,14H,2,10-13H2,1H3,(H,24,26,29). The molecule has 0 spiro atoms. The molecule has 1 saturated heterocycles. The molecule has 3 aromatic rings. The van der Waals surface area contributed by atoms with Crippen molar-refractivity contribution in [3.05, 3.63) is 58.6 Å². The minimum atomic E-state index is -3.78. The maximum absolute atomic E-state index is 13.0. The maximum Gasteiger partial charge on any atom is 0.409 e. The minimum Gasteiger partial charge on any atom is -0.450 e. The van der Waals surface area contributed by atoms with E-state index in [4.69, 9.17) is 9.15 Å². The van der Waals surface area contributed by atoms with E-state index in [2.05, 4.69) is 31.4 Å². The largest absolute Gasteiger partial charge is 0.450 e. The fourth-order valence-corrected chi connectivity index (χ4v) is 5.26. The van der Waals surface area contributed by atoms with Crippen molar-refractivity contribution in [3.63, 3.8) is 0 Å². The Labute approximate surface area is 210 Å². The van der Waals surface area contributed by atoms with Crippen LogP contribution in [0.1, 0.15) is 17.3 Å². The highest BCUT2D eigenvalue weighted by atomic mass is 79.9. The molecule has 1 aromatic heterocycles. The van der Waals surface area contributed by atoms with Gasteiger partial charge in [-0.3, -0.25) is 10.1 Å². The van der Waals surface area contributed by atoms with Crippen LogP contribution in [-0.4, -0.2) is 72.6 Å². The number of aromatic nitrogens is 2. The first-order valence-corrected chi connectivity index (χ1v) is 12.9. The molecule has 0 bridgehead atoms. The number of ether oxygens (including phenoxy) is 1. The van der Waals surface area contributed by atoms with Crippen LogP contribution in [0.3, 0.4) is 0 Å². The van der Waals surface area contributed by atoms with Gasteiger partial charge in [0.05, 0.1) is 11.5 Å². The summed E-state index contributed by atoms with van der Waals surface area (Å²) < 4.78 is 38.6. The average Bonchev–Trinajstić information content (AvgIpc) is 3.33. The molecular weight excluding hydrogens is 542 g/mol. The summed E-state index contributed by atoms with van der Waals surface area (Å²) in [4.78, 5) is 25.9. The molecule has 1 aliphatic heterocycles. The molecule has 0 unspecified atom stereocenters. The van der Waals surface area contributed by atoms with Gasteiger partial charge < -0.3 is 14.1 Å².